The van der Waals surface area contributed by atoms with Gasteiger partial charge in [0.05, 0.1) is 24.7 Å². The molecule has 0 bridgehead atoms. The molecule has 1 atom stereocenters. The minimum atomic E-state index is -1.84. The summed E-state index contributed by atoms with van der Waals surface area (Å²) in [5.41, 5.74) is 15.4. The third-order valence-corrected chi connectivity index (χ3v) is 2.29. The Hall–Kier alpha value is -0.910. The summed E-state index contributed by atoms with van der Waals surface area (Å²) in [4.78, 5) is 0.450. The zero-order valence-electron chi connectivity index (χ0n) is 12.9. The molecule has 0 aliphatic heterocycles. The maximum atomic E-state index is 10.4. The van der Waals surface area contributed by atoms with Gasteiger partial charge in [0, 0.05) is 19.6 Å². The van der Waals surface area contributed by atoms with E-state index in [0.29, 0.717) is 24.5 Å². The Labute approximate surface area is 134 Å². The summed E-state index contributed by atoms with van der Waals surface area (Å²) in [6.45, 7) is 3.35. The molecule has 0 aliphatic rings. The number of nitrogens with two attached hydrogens (primary N) is 3. The van der Waals surface area contributed by atoms with Crippen LogP contribution in [0, 0.1) is 6.92 Å². The molecule has 0 fully saturated rings. The van der Waals surface area contributed by atoms with Crippen LogP contribution in [-0.2, 0) is 11.1 Å². The molecule has 0 saturated heterocycles. The first-order valence-corrected chi connectivity index (χ1v) is 7.65. The van der Waals surface area contributed by atoms with Crippen molar-refractivity contribution in [3.63, 3.8) is 0 Å². The van der Waals surface area contributed by atoms with Gasteiger partial charge in [0.1, 0.15) is 0 Å². The first-order chi connectivity index (χ1) is 10.4. The molecule has 132 valence electrons. The Bertz CT molecular complexity index is 323. The number of aliphatic hydroxyl groups excluding tert-OH is 3. The molecule has 1 unspecified atom stereocenters. The minimum absolute atomic E-state index is 0.0972. The molecular weight excluding hydrogens is 310 g/mol. The lowest BCUT2D eigenvalue weighted by Crippen LogP contribution is -2.02. The summed E-state index contributed by atoms with van der Waals surface area (Å²) < 4.78 is 19.0. The standard InChI is InChI=1S/C7H8O2S.3C2H7NO/c1-6-2-4-7(5-3-6)10(8)9;3*3-1-2-4/h2-5H,1H3,(H,8,9);3*4H,1-3H2. The van der Waals surface area contributed by atoms with Gasteiger partial charge in [-0.15, -0.1) is 0 Å². The molecule has 0 amide bonds. The molecule has 0 spiro atoms. The molecule has 10 N–H and O–H groups in total. The summed E-state index contributed by atoms with van der Waals surface area (Å²) in [5, 5.41) is 23.2. The lowest BCUT2D eigenvalue weighted by molar-refractivity contribution is 0.306. The molecule has 9 heteroatoms. The van der Waals surface area contributed by atoms with Crippen molar-refractivity contribution in [2.75, 3.05) is 39.5 Å². The van der Waals surface area contributed by atoms with E-state index in [1.165, 1.54) is 0 Å². The summed E-state index contributed by atoms with van der Waals surface area (Å²) in [6.07, 6.45) is 0. The molecule has 1 aromatic rings. The van der Waals surface area contributed by atoms with Gasteiger partial charge in [0.25, 0.3) is 0 Å². The second-order valence-corrected chi connectivity index (χ2v) is 4.57. The largest absolute Gasteiger partial charge is 0.395 e. The minimum Gasteiger partial charge on any atom is -0.395 e. The van der Waals surface area contributed by atoms with E-state index in [1.54, 1.807) is 12.1 Å². The zero-order chi connectivity index (χ0) is 17.8. The molecule has 1 aromatic carbocycles. The Morgan fingerprint density at radius 1 is 0.864 bits per heavy atom. The molecule has 0 saturated carbocycles. The molecular formula is C13H29N3O5S. The van der Waals surface area contributed by atoms with Crippen LogP contribution < -0.4 is 17.2 Å². The van der Waals surface area contributed by atoms with E-state index in [9.17, 15) is 4.21 Å². The lowest BCUT2D eigenvalue weighted by Gasteiger charge is -1.93. The fourth-order valence-electron chi connectivity index (χ4n) is 0.655. The third kappa shape index (κ3) is 24.1. The molecule has 0 aromatic heterocycles. The molecule has 8 nitrogen and oxygen atoms in total. The van der Waals surface area contributed by atoms with Crippen molar-refractivity contribution in [3.8, 4) is 0 Å². The molecule has 0 heterocycles. The molecule has 1 rings (SSSR count). The monoisotopic (exact) mass is 339 g/mol. The van der Waals surface area contributed by atoms with Crippen molar-refractivity contribution in [1.29, 1.82) is 0 Å². The van der Waals surface area contributed by atoms with Gasteiger partial charge in [-0.1, -0.05) is 17.7 Å². The van der Waals surface area contributed by atoms with E-state index in [-0.39, 0.29) is 19.8 Å². The van der Waals surface area contributed by atoms with Gasteiger partial charge < -0.3 is 37.1 Å². The van der Waals surface area contributed by atoms with Gasteiger partial charge in [-0.05, 0) is 19.1 Å². The van der Waals surface area contributed by atoms with Crippen LogP contribution in [0.4, 0.5) is 0 Å². The van der Waals surface area contributed by atoms with Crippen LogP contribution in [-0.4, -0.2) is 63.5 Å². The van der Waals surface area contributed by atoms with Crippen LogP contribution in [0.1, 0.15) is 5.56 Å². The highest BCUT2D eigenvalue weighted by molar-refractivity contribution is 7.79. The van der Waals surface area contributed by atoms with Crippen molar-refractivity contribution >= 4 is 11.1 Å². The van der Waals surface area contributed by atoms with Crippen LogP contribution in [0.3, 0.4) is 0 Å². The normalized spacial score (nSPS) is 10.0. The molecule has 0 aliphatic carbocycles. The number of aliphatic hydroxyl groups is 3. The van der Waals surface area contributed by atoms with Gasteiger partial charge in [0.2, 0.25) is 0 Å². The number of hydrogen-bond donors (Lipinski definition) is 7. The van der Waals surface area contributed by atoms with Gasteiger partial charge >= 0.3 is 0 Å². The first-order valence-electron chi connectivity index (χ1n) is 6.55. The fourth-order valence-corrected chi connectivity index (χ4v) is 1.02. The number of benzene rings is 1. The Kier molecular flexibility index (Phi) is 26.5. The summed E-state index contributed by atoms with van der Waals surface area (Å²) in [6, 6.07) is 6.91. The van der Waals surface area contributed by atoms with E-state index < -0.39 is 11.1 Å². The zero-order valence-corrected chi connectivity index (χ0v) is 13.7. The number of aryl methyl sites for hydroxylation is 1. The highest BCUT2D eigenvalue weighted by Gasteiger charge is 1.95. The Morgan fingerprint density at radius 3 is 1.32 bits per heavy atom. The average Bonchev–Trinajstić information content (AvgIpc) is 2.56. The lowest BCUT2D eigenvalue weighted by atomic mass is 10.2. The second kappa shape index (κ2) is 22.4. The van der Waals surface area contributed by atoms with Crippen LogP contribution in [0.2, 0.25) is 0 Å². The predicted molar refractivity (Wildman–Crippen MR) is 88.6 cm³/mol. The van der Waals surface area contributed by atoms with Crippen molar-refractivity contribution in [1.82, 2.24) is 0 Å². The predicted octanol–water partition coefficient (Wildman–Crippen LogP) is -1.61. The maximum Gasteiger partial charge on any atom is 0.186 e. The number of hydrogen-bond acceptors (Lipinski definition) is 7. The van der Waals surface area contributed by atoms with E-state index >= 15 is 0 Å². The highest BCUT2D eigenvalue weighted by atomic mass is 32.2. The molecule has 22 heavy (non-hydrogen) atoms. The summed E-state index contributed by atoms with van der Waals surface area (Å²) in [5.74, 6) is 0. The van der Waals surface area contributed by atoms with Gasteiger partial charge in [0.15, 0.2) is 11.1 Å². The van der Waals surface area contributed by atoms with Crippen molar-refractivity contribution in [3.05, 3.63) is 29.8 Å². The quantitative estimate of drug-likeness (QED) is 0.320. The van der Waals surface area contributed by atoms with Crippen molar-refractivity contribution < 1.29 is 24.1 Å². The Balaban J connectivity index is -0.000000253. The first kappa shape index (κ1) is 26.0. The van der Waals surface area contributed by atoms with Crippen LogP contribution in [0.25, 0.3) is 0 Å². The second-order valence-electron chi connectivity index (χ2n) is 3.60. The summed E-state index contributed by atoms with van der Waals surface area (Å²) in [7, 11) is 0. The van der Waals surface area contributed by atoms with E-state index in [1.807, 2.05) is 19.1 Å². The average molecular weight is 339 g/mol. The van der Waals surface area contributed by atoms with Crippen molar-refractivity contribution in [2.45, 2.75) is 11.8 Å². The van der Waals surface area contributed by atoms with Crippen LogP contribution in [0.15, 0.2) is 29.2 Å². The van der Waals surface area contributed by atoms with E-state index in [4.69, 9.17) is 37.1 Å². The van der Waals surface area contributed by atoms with Gasteiger partial charge in [-0.3, -0.25) is 0 Å². The maximum absolute atomic E-state index is 10.4. The van der Waals surface area contributed by atoms with Gasteiger partial charge in [-0.25, -0.2) is 4.21 Å². The van der Waals surface area contributed by atoms with E-state index in [0.717, 1.165) is 5.56 Å². The van der Waals surface area contributed by atoms with Gasteiger partial charge in [-0.2, -0.15) is 0 Å². The number of rotatable bonds is 4. The highest BCUT2D eigenvalue weighted by Crippen LogP contribution is 2.05. The third-order valence-electron chi connectivity index (χ3n) is 1.61. The fraction of sp³-hybridized carbons (Fsp3) is 0.538. The van der Waals surface area contributed by atoms with E-state index in [2.05, 4.69) is 0 Å². The van der Waals surface area contributed by atoms with Crippen LogP contribution in [0.5, 0.6) is 0 Å². The SMILES string of the molecule is Cc1ccc(S(=O)O)cc1.NCCO.NCCO.NCCO. The van der Waals surface area contributed by atoms with Crippen molar-refractivity contribution in [2.24, 2.45) is 17.2 Å². The topological polar surface area (TPSA) is 176 Å². The van der Waals surface area contributed by atoms with Crippen LogP contribution >= 0.6 is 0 Å². The molecule has 0 radical (unpaired) electrons. The Morgan fingerprint density at radius 2 is 1.14 bits per heavy atom. The smallest absolute Gasteiger partial charge is 0.186 e. The summed E-state index contributed by atoms with van der Waals surface area (Å²) >= 11 is -1.84.